The van der Waals surface area contributed by atoms with Gasteiger partial charge >= 0.3 is 0 Å². The van der Waals surface area contributed by atoms with Gasteiger partial charge in [0.1, 0.15) is 36.8 Å². The summed E-state index contributed by atoms with van der Waals surface area (Å²) in [5, 5.41) is 8.81. The number of hydrogen-bond acceptors (Lipinski definition) is 7. The van der Waals surface area contributed by atoms with Crippen LogP contribution in [0.3, 0.4) is 0 Å². The number of nitrogens with zero attached hydrogens (tertiary/aromatic N) is 4. The molecular weight excluding hydrogens is 344 g/mol. The van der Waals surface area contributed by atoms with Crippen molar-refractivity contribution in [3.8, 4) is 23.4 Å². The van der Waals surface area contributed by atoms with Crippen LogP contribution in [0.15, 0.2) is 30.5 Å². The van der Waals surface area contributed by atoms with Gasteiger partial charge in [-0.1, -0.05) is 0 Å². The van der Waals surface area contributed by atoms with Crippen LogP contribution < -0.4 is 14.2 Å². The van der Waals surface area contributed by atoms with Crippen LogP contribution in [-0.2, 0) is 0 Å². The highest BCUT2D eigenvalue weighted by Crippen LogP contribution is 2.31. The summed E-state index contributed by atoms with van der Waals surface area (Å²) >= 11 is 0. The fraction of sp³-hybridized carbons (Fsp3) is 0.450. The van der Waals surface area contributed by atoms with E-state index in [1.54, 1.807) is 18.3 Å². The number of piperidine rings is 1. The molecule has 0 radical (unpaired) electrons. The minimum Gasteiger partial charge on any atom is -0.489 e. The summed E-state index contributed by atoms with van der Waals surface area (Å²) in [6.07, 6.45) is 3.66. The van der Waals surface area contributed by atoms with E-state index >= 15 is 0 Å². The highest BCUT2D eigenvalue weighted by atomic mass is 16.6. The van der Waals surface area contributed by atoms with Gasteiger partial charge in [0, 0.05) is 19.1 Å². The topological polar surface area (TPSA) is 80.5 Å². The van der Waals surface area contributed by atoms with E-state index in [-0.39, 0.29) is 12.1 Å². The zero-order valence-corrected chi connectivity index (χ0v) is 15.3. The highest BCUT2D eigenvalue weighted by molar-refractivity contribution is 5.36. The van der Waals surface area contributed by atoms with Crippen LogP contribution in [0.5, 0.6) is 17.4 Å². The van der Waals surface area contributed by atoms with Crippen LogP contribution in [0.1, 0.15) is 37.2 Å². The Kier molecular flexibility index (Phi) is 5.07. The lowest BCUT2D eigenvalue weighted by Crippen LogP contribution is -2.39. The average Bonchev–Trinajstić information content (AvgIpc) is 2.74. The molecule has 0 amide bonds. The van der Waals surface area contributed by atoms with Crippen molar-refractivity contribution in [2.45, 2.75) is 31.9 Å². The van der Waals surface area contributed by atoms with Crippen molar-refractivity contribution in [2.75, 3.05) is 26.3 Å². The highest BCUT2D eigenvalue weighted by Gasteiger charge is 2.26. The Morgan fingerprint density at radius 2 is 2.00 bits per heavy atom. The number of hydrogen-bond donors (Lipinski definition) is 0. The first-order valence-electron chi connectivity index (χ1n) is 9.26. The largest absolute Gasteiger partial charge is 0.489 e. The second-order valence-electron chi connectivity index (χ2n) is 6.76. The van der Waals surface area contributed by atoms with Crippen molar-refractivity contribution in [1.29, 1.82) is 5.26 Å². The summed E-state index contributed by atoms with van der Waals surface area (Å²) < 4.78 is 17.2. The molecule has 4 heterocycles. The molecule has 2 aliphatic rings. The fourth-order valence-electron chi connectivity index (χ4n) is 3.45. The van der Waals surface area contributed by atoms with E-state index in [0.29, 0.717) is 30.5 Å². The smallest absolute Gasteiger partial charge is 0.257 e. The lowest BCUT2D eigenvalue weighted by Gasteiger charge is -2.36. The Morgan fingerprint density at radius 1 is 1.19 bits per heavy atom. The van der Waals surface area contributed by atoms with Gasteiger partial charge in [-0.3, -0.25) is 4.90 Å². The van der Waals surface area contributed by atoms with Gasteiger partial charge in [0.05, 0.1) is 11.9 Å². The van der Waals surface area contributed by atoms with Crippen molar-refractivity contribution < 1.29 is 14.2 Å². The molecule has 1 fully saturated rings. The molecule has 27 heavy (non-hydrogen) atoms. The molecule has 2 aliphatic heterocycles. The summed E-state index contributed by atoms with van der Waals surface area (Å²) in [5.74, 6) is 2.03. The maximum absolute atomic E-state index is 8.81. The van der Waals surface area contributed by atoms with Crippen molar-refractivity contribution in [3.05, 3.63) is 41.9 Å². The van der Waals surface area contributed by atoms with Gasteiger partial charge in [0.25, 0.3) is 5.88 Å². The van der Waals surface area contributed by atoms with Gasteiger partial charge in [-0.2, -0.15) is 5.26 Å². The summed E-state index contributed by atoms with van der Waals surface area (Å²) in [6, 6.07) is 9.67. The zero-order valence-electron chi connectivity index (χ0n) is 15.3. The number of likely N-dealkylation sites (tertiary alicyclic amines) is 1. The average molecular weight is 366 g/mol. The number of fused-ring (bicyclic) bond motifs is 1. The fourth-order valence-corrected chi connectivity index (χ4v) is 3.45. The minimum absolute atomic E-state index is 0.163. The molecule has 0 aromatic carbocycles. The molecule has 2 aromatic rings. The summed E-state index contributed by atoms with van der Waals surface area (Å²) in [5.41, 5.74) is 1.40. The molecule has 0 saturated carbocycles. The van der Waals surface area contributed by atoms with Gasteiger partial charge < -0.3 is 14.2 Å². The van der Waals surface area contributed by atoms with Gasteiger partial charge in [-0.15, -0.1) is 0 Å². The molecule has 1 saturated heterocycles. The van der Waals surface area contributed by atoms with E-state index in [1.165, 1.54) is 0 Å². The summed E-state index contributed by atoms with van der Waals surface area (Å²) in [6.45, 7) is 5.16. The van der Waals surface area contributed by atoms with E-state index in [0.717, 1.165) is 37.4 Å². The van der Waals surface area contributed by atoms with Crippen LogP contribution in [0.4, 0.5) is 0 Å². The molecule has 1 atom stereocenters. The van der Waals surface area contributed by atoms with Crippen LogP contribution in [0.25, 0.3) is 0 Å². The molecule has 4 rings (SSSR count). The molecule has 0 N–H and O–H groups in total. The number of rotatable bonds is 4. The van der Waals surface area contributed by atoms with Crippen LogP contribution in [0.2, 0.25) is 0 Å². The molecule has 0 aliphatic carbocycles. The van der Waals surface area contributed by atoms with Gasteiger partial charge in [-0.05, 0) is 44.0 Å². The maximum atomic E-state index is 8.81. The van der Waals surface area contributed by atoms with Crippen molar-refractivity contribution in [2.24, 2.45) is 0 Å². The Morgan fingerprint density at radius 3 is 2.74 bits per heavy atom. The van der Waals surface area contributed by atoms with E-state index in [1.807, 2.05) is 18.2 Å². The third-order valence-corrected chi connectivity index (χ3v) is 5.03. The van der Waals surface area contributed by atoms with Crippen LogP contribution in [0, 0.1) is 11.3 Å². The Bertz CT molecular complexity index is 826. The lowest BCUT2D eigenvalue weighted by molar-refractivity contribution is 0.0778. The van der Waals surface area contributed by atoms with E-state index in [9.17, 15) is 0 Å². The molecular formula is C20H22N4O3. The molecule has 0 bridgehead atoms. The molecule has 7 heteroatoms. The summed E-state index contributed by atoms with van der Waals surface area (Å²) in [7, 11) is 0. The normalized spacial score (nSPS) is 18.5. The standard InChI is InChI=1S/C20H22N4O3/c1-14(18-4-5-19-20(23-18)26-11-10-25-19)24-8-6-16(7-9-24)27-17-3-2-15(12-21)22-13-17/h2-5,13-14,16H,6-11H2,1H3. The predicted octanol–water partition coefficient (Wildman–Crippen LogP) is 2.72. The zero-order chi connectivity index (χ0) is 18.6. The van der Waals surface area contributed by atoms with Crippen LogP contribution in [-0.4, -0.2) is 47.3 Å². The Labute approximate surface area is 158 Å². The Hall–Kier alpha value is -2.85. The molecule has 0 spiro atoms. The third-order valence-electron chi connectivity index (χ3n) is 5.03. The molecule has 140 valence electrons. The van der Waals surface area contributed by atoms with E-state index in [4.69, 9.17) is 19.5 Å². The quantitative estimate of drug-likeness (QED) is 0.823. The van der Waals surface area contributed by atoms with E-state index < -0.39 is 0 Å². The first-order valence-corrected chi connectivity index (χ1v) is 9.26. The van der Waals surface area contributed by atoms with Gasteiger partial charge in [0.15, 0.2) is 5.75 Å². The summed E-state index contributed by atoms with van der Waals surface area (Å²) in [4.78, 5) is 11.1. The second-order valence-corrected chi connectivity index (χ2v) is 6.76. The van der Waals surface area contributed by atoms with Crippen molar-refractivity contribution >= 4 is 0 Å². The van der Waals surface area contributed by atoms with Gasteiger partial charge in [0.2, 0.25) is 0 Å². The van der Waals surface area contributed by atoms with Crippen molar-refractivity contribution in [3.63, 3.8) is 0 Å². The minimum atomic E-state index is 0.163. The monoisotopic (exact) mass is 366 g/mol. The SMILES string of the molecule is CC(c1ccc2c(n1)OCCO2)N1CCC(Oc2ccc(C#N)nc2)CC1. The first-order chi connectivity index (χ1) is 13.2. The first kappa shape index (κ1) is 17.6. The second kappa shape index (κ2) is 7.80. The number of aromatic nitrogens is 2. The Balaban J connectivity index is 1.33. The lowest BCUT2D eigenvalue weighted by atomic mass is 10.0. The van der Waals surface area contributed by atoms with Gasteiger partial charge in [-0.25, -0.2) is 9.97 Å². The molecule has 2 aromatic heterocycles. The predicted molar refractivity (Wildman–Crippen MR) is 97.8 cm³/mol. The molecule has 7 nitrogen and oxygen atoms in total. The van der Waals surface area contributed by atoms with E-state index in [2.05, 4.69) is 21.8 Å². The third kappa shape index (κ3) is 3.96. The number of pyridine rings is 2. The molecule has 1 unspecified atom stereocenters. The van der Waals surface area contributed by atoms with Crippen molar-refractivity contribution in [1.82, 2.24) is 14.9 Å². The van der Waals surface area contributed by atoms with Crippen LogP contribution >= 0.6 is 0 Å². The maximum Gasteiger partial charge on any atom is 0.257 e. The number of ether oxygens (including phenoxy) is 3. The number of nitriles is 1.